The van der Waals surface area contributed by atoms with Gasteiger partial charge in [0.05, 0.1) is 0 Å². The lowest BCUT2D eigenvalue weighted by Gasteiger charge is -2.03. The fourth-order valence-electron chi connectivity index (χ4n) is 1.27. The number of carboxylic acids is 1. The lowest BCUT2D eigenvalue weighted by atomic mass is 10.0. The third kappa shape index (κ3) is 4.12. The monoisotopic (exact) mass is 230 g/mol. The Labute approximate surface area is 100 Å². The van der Waals surface area contributed by atoms with Crippen molar-refractivity contribution in [3.8, 4) is 11.8 Å². The van der Waals surface area contributed by atoms with Gasteiger partial charge in [0.1, 0.15) is 6.42 Å². The first kappa shape index (κ1) is 13.0. The van der Waals surface area contributed by atoms with Gasteiger partial charge >= 0.3 is 5.97 Å². The average Bonchev–Trinajstić information content (AvgIpc) is 2.28. The van der Waals surface area contributed by atoms with Gasteiger partial charge in [0.25, 0.3) is 0 Å². The Bertz CT molecular complexity index is 472. The van der Waals surface area contributed by atoms with E-state index in [-0.39, 0.29) is 18.1 Å². The van der Waals surface area contributed by atoms with Crippen molar-refractivity contribution in [3.63, 3.8) is 0 Å². The van der Waals surface area contributed by atoms with Crippen molar-refractivity contribution >= 4 is 11.8 Å². The van der Waals surface area contributed by atoms with Crippen molar-refractivity contribution in [2.45, 2.75) is 20.3 Å². The number of hydrogen-bond donors (Lipinski definition) is 1. The SMILES string of the molecule is CC(C)C(=O)c1ccc(C#CCC(=O)O)cc1. The summed E-state index contributed by atoms with van der Waals surface area (Å²) in [4.78, 5) is 21.9. The average molecular weight is 230 g/mol. The van der Waals surface area contributed by atoms with Gasteiger partial charge in [0.2, 0.25) is 0 Å². The van der Waals surface area contributed by atoms with Gasteiger partial charge in [0.15, 0.2) is 5.78 Å². The standard InChI is InChI=1S/C14H14O3/c1-10(2)14(17)12-8-6-11(7-9-12)4-3-5-13(15)16/h6-10H,5H2,1-2H3,(H,15,16). The lowest BCUT2D eigenvalue weighted by molar-refractivity contribution is -0.135. The summed E-state index contributed by atoms with van der Waals surface area (Å²) in [6, 6.07) is 6.88. The normalized spacial score (nSPS) is 9.59. The molecule has 0 amide bonds. The summed E-state index contributed by atoms with van der Waals surface area (Å²) in [7, 11) is 0. The number of benzene rings is 1. The van der Waals surface area contributed by atoms with Gasteiger partial charge in [-0.25, -0.2) is 0 Å². The highest BCUT2D eigenvalue weighted by Gasteiger charge is 2.09. The highest BCUT2D eigenvalue weighted by Crippen LogP contribution is 2.09. The number of carbonyl (C=O) groups is 2. The van der Waals surface area contributed by atoms with E-state index >= 15 is 0 Å². The van der Waals surface area contributed by atoms with Crippen LogP contribution in [0.25, 0.3) is 0 Å². The number of hydrogen-bond acceptors (Lipinski definition) is 2. The second-order valence-electron chi connectivity index (χ2n) is 3.97. The van der Waals surface area contributed by atoms with Crippen LogP contribution >= 0.6 is 0 Å². The van der Waals surface area contributed by atoms with E-state index in [0.717, 1.165) is 0 Å². The van der Waals surface area contributed by atoms with Crippen LogP contribution in [0, 0.1) is 17.8 Å². The fourth-order valence-corrected chi connectivity index (χ4v) is 1.27. The number of ketones is 1. The molecular formula is C14H14O3. The molecule has 0 aromatic heterocycles. The molecule has 1 N–H and O–H groups in total. The molecule has 1 aromatic rings. The molecule has 0 heterocycles. The third-order valence-corrected chi connectivity index (χ3v) is 2.17. The van der Waals surface area contributed by atoms with Gasteiger partial charge in [-0.15, -0.1) is 0 Å². The van der Waals surface area contributed by atoms with E-state index in [4.69, 9.17) is 5.11 Å². The van der Waals surface area contributed by atoms with E-state index in [0.29, 0.717) is 11.1 Å². The van der Waals surface area contributed by atoms with Gasteiger partial charge in [-0.1, -0.05) is 37.8 Å². The maximum absolute atomic E-state index is 11.6. The van der Waals surface area contributed by atoms with Crippen molar-refractivity contribution in [1.82, 2.24) is 0 Å². The second-order valence-corrected chi connectivity index (χ2v) is 3.97. The maximum atomic E-state index is 11.6. The van der Waals surface area contributed by atoms with Gasteiger partial charge in [0, 0.05) is 17.0 Å². The van der Waals surface area contributed by atoms with Crippen LogP contribution < -0.4 is 0 Å². The van der Waals surface area contributed by atoms with Gasteiger partial charge in [-0.3, -0.25) is 9.59 Å². The van der Waals surface area contributed by atoms with E-state index in [1.807, 2.05) is 13.8 Å². The number of rotatable bonds is 3. The Hall–Kier alpha value is -2.08. The lowest BCUT2D eigenvalue weighted by Crippen LogP contribution is -2.06. The first-order valence-corrected chi connectivity index (χ1v) is 5.35. The highest BCUT2D eigenvalue weighted by atomic mass is 16.4. The van der Waals surface area contributed by atoms with Crippen LogP contribution in [0.5, 0.6) is 0 Å². The third-order valence-electron chi connectivity index (χ3n) is 2.17. The number of carboxylic acid groups (broad SMARTS) is 1. The van der Waals surface area contributed by atoms with E-state index in [1.165, 1.54) is 0 Å². The molecule has 0 fully saturated rings. The van der Waals surface area contributed by atoms with Crippen LogP contribution in [-0.2, 0) is 4.79 Å². The number of aliphatic carboxylic acids is 1. The van der Waals surface area contributed by atoms with Crippen LogP contribution in [0.1, 0.15) is 36.2 Å². The van der Waals surface area contributed by atoms with Crippen LogP contribution in [-0.4, -0.2) is 16.9 Å². The molecule has 88 valence electrons. The van der Waals surface area contributed by atoms with E-state index < -0.39 is 5.97 Å². The first-order valence-electron chi connectivity index (χ1n) is 5.35. The number of Topliss-reactive ketones (excluding diaryl/α,β-unsaturated/α-hetero) is 1. The summed E-state index contributed by atoms with van der Waals surface area (Å²) in [6.45, 7) is 3.70. The van der Waals surface area contributed by atoms with Gasteiger partial charge in [-0.05, 0) is 12.1 Å². The molecule has 0 atom stereocenters. The minimum atomic E-state index is -0.941. The van der Waals surface area contributed by atoms with Crippen LogP contribution in [0.3, 0.4) is 0 Å². The maximum Gasteiger partial charge on any atom is 0.315 e. The predicted octanol–water partition coefficient (Wildman–Crippen LogP) is 2.35. The van der Waals surface area contributed by atoms with E-state index in [9.17, 15) is 9.59 Å². The molecule has 0 saturated heterocycles. The molecule has 0 aliphatic rings. The zero-order chi connectivity index (χ0) is 12.8. The summed E-state index contributed by atoms with van der Waals surface area (Å²) in [5.74, 6) is 4.39. The molecule has 0 bridgehead atoms. The first-order chi connectivity index (χ1) is 8.00. The largest absolute Gasteiger partial charge is 0.481 e. The van der Waals surface area contributed by atoms with Gasteiger partial charge < -0.3 is 5.11 Å². The van der Waals surface area contributed by atoms with Crippen molar-refractivity contribution in [3.05, 3.63) is 35.4 Å². The fraction of sp³-hybridized carbons (Fsp3) is 0.286. The summed E-state index contributed by atoms with van der Waals surface area (Å²) in [6.07, 6.45) is -0.174. The summed E-state index contributed by atoms with van der Waals surface area (Å²) in [5.41, 5.74) is 1.37. The molecule has 0 spiro atoms. The molecule has 17 heavy (non-hydrogen) atoms. The van der Waals surface area contributed by atoms with E-state index in [1.54, 1.807) is 24.3 Å². The second kappa shape index (κ2) is 5.86. The Morgan fingerprint density at radius 1 is 1.24 bits per heavy atom. The Morgan fingerprint density at radius 3 is 2.29 bits per heavy atom. The Kier molecular flexibility index (Phi) is 4.47. The summed E-state index contributed by atoms with van der Waals surface area (Å²) >= 11 is 0. The topological polar surface area (TPSA) is 54.4 Å². The van der Waals surface area contributed by atoms with E-state index in [2.05, 4.69) is 11.8 Å². The molecule has 0 saturated carbocycles. The molecule has 0 radical (unpaired) electrons. The molecule has 3 heteroatoms. The van der Waals surface area contributed by atoms with Crippen LogP contribution in [0.15, 0.2) is 24.3 Å². The minimum absolute atomic E-state index is 0.0288. The molecule has 0 unspecified atom stereocenters. The molecule has 1 aromatic carbocycles. The highest BCUT2D eigenvalue weighted by molar-refractivity contribution is 5.97. The molecule has 3 nitrogen and oxygen atoms in total. The molecule has 0 aliphatic heterocycles. The summed E-state index contributed by atoms with van der Waals surface area (Å²) in [5, 5.41) is 8.42. The van der Waals surface area contributed by atoms with Crippen molar-refractivity contribution < 1.29 is 14.7 Å². The minimum Gasteiger partial charge on any atom is -0.481 e. The molecule has 0 aliphatic carbocycles. The quantitative estimate of drug-likeness (QED) is 0.640. The molecule has 1 rings (SSSR count). The van der Waals surface area contributed by atoms with Crippen molar-refractivity contribution in [2.75, 3.05) is 0 Å². The predicted molar refractivity (Wildman–Crippen MR) is 64.7 cm³/mol. The van der Waals surface area contributed by atoms with Crippen molar-refractivity contribution in [1.29, 1.82) is 0 Å². The van der Waals surface area contributed by atoms with Crippen LogP contribution in [0.2, 0.25) is 0 Å². The number of carbonyl (C=O) groups excluding carboxylic acids is 1. The zero-order valence-electron chi connectivity index (χ0n) is 9.86. The Morgan fingerprint density at radius 2 is 1.82 bits per heavy atom. The van der Waals surface area contributed by atoms with Gasteiger partial charge in [-0.2, -0.15) is 0 Å². The Balaban J connectivity index is 2.77. The van der Waals surface area contributed by atoms with Crippen molar-refractivity contribution in [2.24, 2.45) is 5.92 Å². The zero-order valence-corrected chi connectivity index (χ0v) is 9.86. The molecular weight excluding hydrogens is 216 g/mol. The summed E-state index contributed by atoms with van der Waals surface area (Å²) < 4.78 is 0. The van der Waals surface area contributed by atoms with Crippen LogP contribution in [0.4, 0.5) is 0 Å². The smallest absolute Gasteiger partial charge is 0.315 e.